The van der Waals surface area contributed by atoms with Gasteiger partial charge in [-0.15, -0.1) is 0 Å². The molecule has 0 bridgehead atoms. The molecule has 5 heteroatoms. The Bertz CT molecular complexity index is 437. The lowest BCUT2D eigenvalue weighted by Gasteiger charge is -2.19. The summed E-state index contributed by atoms with van der Waals surface area (Å²) in [6.07, 6.45) is -0.662. The first kappa shape index (κ1) is 12.8. The Balaban J connectivity index is 1.63. The molecule has 0 spiro atoms. The van der Waals surface area contributed by atoms with Crippen LogP contribution in [0.1, 0.15) is 24.8 Å². The molecule has 2 fully saturated rings. The summed E-state index contributed by atoms with van der Waals surface area (Å²) >= 11 is 0. The average molecular weight is 270 g/mol. The summed E-state index contributed by atoms with van der Waals surface area (Å²) in [5, 5.41) is 3.57. The van der Waals surface area contributed by atoms with Crippen molar-refractivity contribution in [2.24, 2.45) is 0 Å². The van der Waals surface area contributed by atoms with Gasteiger partial charge in [-0.05, 0) is 43.5 Å². The topological polar surface area (TPSA) is 15.3 Å². The third-order valence-corrected chi connectivity index (χ3v) is 3.80. The molecule has 19 heavy (non-hydrogen) atoms. The van der Waals surface area contributed by atoms with Crippen molar-refractivity contribution in [2.75, 3.05) is 18.0 Å². The number of nitrogens with zero attached hydrogens (tertiary/aromatic N) is 1. The van der Waals surface area contributed by atoms with Crippen molar-refractivity contribution in [3.8, 4) is 0 Å². The van der Waals surface area contributed by atoms with Gasteiger partial charge in [-0.2, -0.15) is 13.2 Å². The summed E-state index contributed by atoms with van der Waals surface area (Å²) in [5.41, 5.74) is 0.302. The molecule has 2 aliphatic rings. The van der Waals surface area contributed by atoms with Gasteiger partial charge in [-0.1, -0.05) is 0 Å². The van der Waals surface area contributed by atoms with E-state index in [0.29, 0.717) is 12.1 Å². The molecule has 1 N–H and O–H groups in total. The zero-order valence-corrected chi connectivity index (χ0v) is 10.6. The van der Waals surface area contributed by atoms with Gasteiger partial charge in [0.05, 0.1) is 5.56 Å². The monoisotopic (exact) mass is 270 g/mol. The Morgan fingerprint density at radius 2 is 1.68 bits per heavy atom. The van der Waals surface area contributed by atoms with Gasteiger partial charge in [0.15, 0.2) is 0 Å². The number of nitrogens with one attached hydrogen (secondary N) is 1. The molecule has 1 aliphatic heterocycles. The molecule has 0 radical (unpaired) electrons. The maximum atomic E-state index is 12.5. The fraction of sp³-hybridized carbons (Fsp3) is 0.571. The van der Waals surface area contributed by atoms with Gasteiger partial charge in [-0.25, -0.2) is 0 Å². The maximum absolute atomic E-state index is 12.5. The van der Waals surface area contributed by atoms with Crippen molar-refractivity contribution in [2.45, 2.75) is 37.5 Å². The minimum atomic E-state index is -4.25. The van der Waals surface area contributed by atoms with Crippen LogP contribution in [0.25, 0.3) is 0 Å². The Morgan fingerprint density at radius 1 is 1.00 bits per heavy atom. The summed E-state index contributed by atoms with van der Waals surface area (Å²) in [7, 11) is 0. The highest BCUT2D eigenvalue weighted by molar-refractivity contribution is 5.49. The first-order valence-electron chi connectivity index (χ1n) is 6.70. The molecule has 1 saturated heterocycles. The molecular weight excluding hydrogens is 253 g/mol. The summed E-state index contributed by atoms with van der Waals surface area (Å²) in [6, 6.07) is 6.63. The van der Waals surface area contributed by atoms with E-state index in [4.69, 9.17) is 0 Å². The van der Waals surface area contributed by atoms with E-state index >= 15 is 0 Å². The molecule has 1 aliphatic carbocycles. The zero-order valence-electron chi connectivity index (χ0n) is 10.6. The molecule has 0 aromatic heterocycles. The molecule has 1 atom stereocenters. The van der Waals surface area contributed by atoms with Crippen LogP contribution < -0.4 is 10.2 Å². The highest BCUT2D eigenvalue weighted by atomic mass is 19.4. The molecule has 3 rings (SSSR count). The van der Waals surface area contributed by atoms with Gasteiger partial charge in [-0.3, -0.25) is 0 Å². The molecular formula is C14H17F3N2. The van der Waals surface area contributed by atoms with E-state index in [1.807, 2.05) is 0 Å². The van der Waals surface area contributed by atoms with Crippen molar-refractivity contribution in [3.05, 3.63) is 29.8 Å². The molecule has 1 aromatic rings. The maximum Gasteiger partial charge on any atom is 0.416 e. The quantitative estimate of drug-likeness (QED) is 0.908. The first-order chi connectivity index (χ1) is 9.02. The van der Waals surface area contributed by atoms with E-state index < -0.39 is 11.7 Å². The Kier molecular flexibility index (Phi) is 3.17. The van der Waals surface area contributed by atoms with Gasteiger partial charge in [0.25, 0.3) is 0 Å². The van der Waals surface area contributed by atoms with Gasteiger partial charge in [0, 0.05) is 30.9 Å². The number of alkyl halides is 3. The van der Waals surface area contributed by atoms with Crippen molar-refractivity contribution >= 4 is 5.69 Å². The fourth-order valence-electron chi connectivity index (χ4n) is 2.58. The molecule has 0 amide bonds. The van der Waals surface area contributed by atoms with Crippen LogP contribution in [0.5, 0.6) is 0 Å². The minimum absolute atomic E-state index is 0.481. The first-order valence-corrected chi connectivity index (χ1v) is 6.70. The van der Waals surface area contributed by atoms with Gasteiger partial charge >= 0.3 is 6.18 Å². The Hall–Kier alpha value is -1.23. The van der Waals surface area contributed by atoms with E-state index in [1.165, 1.54) is 12.8 Å². The van der Waals surface area contributed by atoms with E-state index in [9.17, 15) is 13.2 Å². The van der Waals surface area contributed by atoms with Crippen LogP contribution in [0.2, 0.25) is 0 Å². The van der Waals surface area contributed by atoms with Crippen LogP contribution in [0.3, 0.4) is 0 Å². The summed E-state index contributed by atoms with van der Waals surface area (Å²) in [5.74, 6) is 0. The number of benzene rings is 1. The van der Waals surface area contributed by atoms with E-state index in [0.717, 1.165) is 37.3 Å². The predicted molar refractivity (Wildman–Crippen MR) is 68.2 cm³/mol. The van der Waals surface area contributed by atoms with Crippen LogP contribution in [-0.2, 0) is 6.18 Å². The largest absolute Gasteiger partial charge is 0.416 e. The van der Waals surface area contributed by atoms with Crippen LogP contribution in [0, 0.1) is 0 Å². The number of halogens is 3. The summed E-state index contributed by atoms with van der Waals surface area (Å²) in [6.45, 7) is 1.80. The summed E-state index contributed by atoms with van der Waals surface area (Å²) < 4.78 is 37.5. The molecule has 2 nitrogen and oxygen atoms in total. The van der Waals surface area contributed by atoms with Gasteiger partial charge in [0.2, 0.25) is 0 Å². The van der Waals surface area contributed by atoms with E-state index in [2.05, 4.69) is 10.2 Å². The van der Waals surface area contributed by atoms with Crippen LogP contribution in [0.15, 0.2) is 24.3 Å². The zero-order chi connectivity index (χ0) is 13.5. The van der Waals surface area contributed by atoms with Gasteiger partial charge in [0.1, 0.15) is 0 Å². The SMILES string of the molecule is FC(F)(F)c1ccc(N2CCC(NC3CC3)C2)cc1. The summed E-state index contributed by atoms with van der Waals surface area (Å²) in [4.78, 5) is 2.15. The van der Waals surface area contributed by atoms with E-state index in [-0.39, 0.29) is 0 Å². The van der Waals surface area contributed by atoms with Gasteiger partial charge < -0.3 is 10.2 Å². The third kappa shape index (κ3) is 3.03. The van der Waals surface area contributed by atoms with E-state index in [1.54, 1.807) is 12.1 Å². The molecule has 1 aromatic carbocycles. The second-order valence-corrected chi connectivity index (χ2v) is 5.42. The second-order valence-electron chi connectivity index (χ2n) is 5.42. The average Bonchev–Trinajstić information content (AvgIpc) is 3.04. The van der Waals surface area contributed by atoms with Crippen LogP contribution >= 0.6 is 0 Å². The number of rotatable bonds is 3. The highest BCUT2D eigenvalue weighted by Crippen LogP contribution is 2.31. The lowest BCUT2D eigenvalue weighted by molar-refractivity contribution is -0.137. The molecule has 1 heterocycles. The number of hydrogen-bond donors (Lipinski definition) is 1. The van der Waals surface area contributed by atoms with Crippen molar-refractivity contribution in [1.29, 1.82) is 0 Å². The smallest absolute Gasteiger partial charge is 0.370 e. The van der Waals surface area contributed by atoms with Crippen molar-refractivity contribution < 1.29 is 13.2 Å². The molecule has 1 saturated carbocycles. The van der Waals surface area contributed by atoms with Crippen molar-refractivity contribution in [1.82, 2.24) is 5.32 Å². The Morgan fingerprint density at radius 3 is 2.26 bits per heavy atom. The predicted octanol–water partition coefficient (Wildman–Crippen LogP) is 3.04. The normalized spacial score (nSPS) is 23.9. The van der Waals surface area contributed by atoms with Crippen LogP contribution in [-0.4, -0.2) is 25.2 Å². The highest BCUT2D eigenvalue weighted by Gasteiger charge is 2.31. The second kappa shape index (κ2) is 4.71. The van der Waals surface area contributed by atoms with Crippen molar-refractivity contribution in [3.63, 3.8) is 0 Å². The minimum Gasteiger partial charge on any atom is -0.370 e. The molecule has 104 valence electrons. The lowest BCUT2D eigenvalue weighted by atomic mass is 10.2. The number of anilines is 1. The van der Waals surface area contributed by atoms with Crippen LogP contribution in [0.4, 0.5) is 18.9 Å². The Labute approximate surface area is 110 Å². The lowest BCUT2D eigenvalue weighted by Crippen LogP contribution is -2.33. The fourth-order valence-corrected chi connectivity index (χ4v) is 2.58. The number of hydrogen-bond acceptors (Lipinski definition) is 2. The third-order valence-electron chi connectivity index (χ3n) is 3.80. The molecule has 1 unspecified atom stereocenters. The standard InChI is InChI=1S/C14H17F3N2/c15-14(16,17)10-1-5-13(6-2-10)19-8-7-12(9-19)18-11-3-4-11/h1-2,5-6,11-12,18H,3-4,7-9H2.